The molecule has 0 spiro atoms. The van der Waals surface area contributed by atoms with Crippen LogP contribution in [0.4, 0.5) is 10.3 Å². The topological polar surface area (TPSA) is 69.9 Å². The van der Waals surface area contributed by atoms with Crippen molar-refractivity contribution in [2.75, 3.05) is 5.73 Å². The molecule has 0 atom stereocenters. The quantitative estimate of drug-likeness (QED) is 0.784. The standard InChI is InChI=1S/C13H13FN4O/c1-2-8-6-16-11(19-8)7-18-10-5-3-4-9(14)12(10)17-13(18)15/h3-6H,2,7H2,1H3,(H2,15,17). The highest BCUT2D eigenvalue weighted by molar-refractivity contribution is 5.78. The van der Waals surface area contributed by atoms with Crippen LogP contribution in [0.2, 0.25) is 0 Å². The van der Waals surface area contributed by atoms with Crippen LogP contribution in [-0.4, -0.2) is 14.5 Å². The Bertz CT molecular complexity index is 731. The first-order chi connectivity index (χ1) is 9.19. The minimum Gasteiger partial charge on any atom is -0.444 e. The molecule has 0 saturated heterocycles. The number of rotatable bonds is 3. The van der Waals surface area contributed by atoms with E-state index in [1.807, 2.05) is 6.92 Å². The molecule has 0 fully saturated rings. The summed E-state index contributed by atoms with van der Waals surface area (Å²) in [6.07, 6.45) is 2.47. The van der Waals surface area contributed by atoms with Crippen molar-refractivity contribution in [3.8, 4) is 0 Å². The molecule has 0 amide bonds. The smallest absolute Gasteiger partial charge is 0.214 e. The number of nitrogen functional groups attached to an aromatic ring is 1. The summed E-state index contributed by atoms with van der Waals surface area (Å²) in [7, 11) is 0. The molecule has 3 aromatic rings. The number of fused-ring (bicyclic) bond motifs is 1. The van der Waals surface area contributed by atoms with E-state index in [2.05, 4.69) is 9.97 Å². The number of para-hydroxylation sites is 1. The maximum absolute atomic E-state index is 13.6. The fraction of sp³-hybridized carbons (Fsp3) is 0.231. The second kappa shape index (κ2) is 4.38. The molecule has 2 aromatic heterocycles. The third-order valence-electron chi connectivity index (χ3n) is 3.00. The molecule has 0 unspecified atom stereocenters. The predicted octanol–water partition coefficient (Wildman–Crippen LogP) is 2.36. The number of aryl methyl sites for hydroxylation is 1. The zero-order chi connectivity index (χ0) is 13.4. The fourth-order valence-corrected chi connectivity index (χ4v) is 2.02. The Hall–Kier alpha value is -2.37. The van der Waals surface area contributed by atoms with Gasteiger partial charge in [-0.15, -0.1) is 0 Å². The summed E-state index contributed by atoms with van der Waals surface area (Å²) in [4.78, 5) is 8.20. The highest BCUT2D eigenvalue weighted by Gasteiger charge is 2.13. The molecule has 98 valence electrons. The number of aromatic nitrogens is 3. The van der Waals surface area contributed by atoms with Gasteiger partial charge in [-0.25, -0.2) is 14.4 Å². The van der Waals surface area contributed by atoms with Gasteiger partial charge >= 0.3 is 0 Å². The second-order valence-corrected chi connectivity index (χ2v) is 4.24. The lowest BCUT2D eigenvalue weighted by Crippen LogP contribution is -2.04. The molecule has 3 rings (SSSR count). The zero-order valence-electron chi connectivity index (χ0n) is 10.4. The third-order valence-corrected chi connectivity index (χ3v) is 3.00. The van der Waals surface area contributed by atoms with Crippen molar-refractivity contribution in [1.29, 1.82) is 0 Å². The lowest BCUT2D eigenvalue weighted by Gasteiger charge is -2.02. The number of benzene rings is 1. The van der Waals surface area contributed by atoms with Gasteiger partial charge < -0.3 is 14.7 Å². The van der Waals surface area contributed by atoms with Crippen molar-refractivity contribution in [2.24, 2.45) is 0 Å². The summed E-state index contributed by atoms with van der Waals surface area (Å²) in [5.74, 6) is 1.21. The Kier molecular flexibility index (Phi) is 2.70. The number of anilines is 1. The molecule has 6 heteroatoms. The Morgan fingerprint density at radius 3 is 3.00 bits per heavy atom. The summed E-state index contributed by atoms with van der Waals surface area (Å²) in [6, 6.07) is 4.76. The zero-order valence-corrected chi connectivity index (χ0v) is 10.4. The molecule has 2 heterocycles. The molecule has 0 aliphatic rings. The molecular weight excluding hydrogens is 247 g/mol. The van der Waals surface area contributed by atoms with Crippen LogP contribution in [0.5, 0.6) is 0 Å². The number of halogens is 1. The van der Waals surface area contributed by atoms with Gasteiger partial charge in [-0.05, 0) is 12.1 Å². The van der Waals surface area contributed by atoms with E-state index in [4.69, 9.17) is 10.2 Å². The van der Waals surface area contributed by atoms with E-state index in [1.165, 1.54) is 6.07 Å². The first kappa shape index (κ1) is 11.7. The first-order valence-corrected chi connectivity index (χ1v) is 6.03. The van der Waals surface area contributed by atoms with E-state index in [-0.39, 0.29) is 17.3 Å². The number of nitrogens with two attached hydrogens (primary N) is 1. The molecule has 5 nitrogen and oxygen atoms in total. The second-order valence-electron chi connectivity index (χ2n) is 4.24. The number of imidazole rings is 1. The number of hydrogen-bond acceptors (Lipinski definition) is 4. The summed E-state index contributed by atoms with van der Waals surface area (Å²) in [5, 5.41) is 0. The van der Waals surface area contributed by atoms with Crippen LogP contribution >= 0.6 is 0 Å². The van der Waals surface area contributed by atoms with Gasteiger partial charge in [0.25, 0.3) is 0 Å². The van der Waals surface area contributed by atoms with Crippen LogP contribution in [0.15, 0.2) is 28.8 Å². The number of hydrogen-bond donors (Lipinski definition) is 1. The molecule has 1 aromatic carbocycles. The molecule has 2 N–H and O–H groups in total. The van der Waals surface area contributed by atoms with Crippen LogP contribution in [0.1, 0.15) is 18.6 Å². The van der Waals surface area contributed by atoms with Crippen molar-refractivity contribution in [3.63, 3.8) is 0 Å². The van der Waals surface area contributed by atoms with Gasteiger partial charge in [-0.1, -0.05) is 13.0 Å². The van der Waals surface area contributed by atoms with Gasteiger partial charge in [-0.3, -0.25) is 0 Å². The highest BCUT2D eigenvalue weighted by Crippen LogP contribution is 2.21. The monoisotopic (exact) mass is 260 g/mol. The molecule has 0 aliphatic carbocycles. The highest BCUT2D eigenvalue weighted by atomic mass is 19.1. The van der Waals surface area contributed by atoms with Crippen molar-refractivity contribution in [2.45, 2.75) is 19.9 Å². The Balaban J connectivity index is 2.05. The van der Waals surface area contributed by atoms with E-state index < -0.39 is 0 Å². The van der Waals surface area contributed by atoms with Gasteiger partial charge in [0.05, 0.1) is 11.7 Å². The number of nitrogens with zero attached hydrogens (tertiary/aromatic N) is 3. The van der Waals surface area contributed by atoms with Crippen LogP contribution in [0.3, 0.4) is 0 Å². The van der Waals surface area contributed by atoms with Crippen molar-refractivity contribution in [1.82, 2.24) is 14.5 Å². The van der Waals surface area contributed by atoms with E-state index in [9.17, 15) is 4.39 Å². The maximum atomic E-state index is 13.6. The minimum absolute atomic E-state index is 0.247. The fourth-order valence-electron chi connectivity index (χ4n) is 2.02. The van der Waals surface area contributed by atoms with Crippen LogP contribution < -0.4 is 5.73 Å². The molecular formula is C13H13FN4O. The molecule has 0 aliphatic heterocycles. The average molecular weight is 260 g/mol. The normalized spacial score (nSPS) is 11.3. The van der Waals surface area contributed by atoms with Crippen molar-refractivity contribution >= 4 is 17.0 Å². The average Bonchev–Trinajstić information content (AvgIpc) is 2.97. The van der Waals surface area contributed by atoms with Gasteiger partial charge in [-0.2, -0.15) is 0 Å². The molecule has 19 heavy (non-hydrogen) atoms. The summed E-state index contributed by atoms with van der Waals surface area (Å²) >= 11 is 0. The SMILES string of the molecule is CCc1cnc(Cn2c(N)nc3c(F)cccc32)o1. The van der Waals surface area contributed by atoms with E-state index in [0.717, 1.165) is 12.2 Å². The molecule has 0 saturated carbocycles. The van der Waals surface area contributed by atoms with Crippen molar-refractivity contribution in [3.05, 3.63) is 41.9 Å². The Morgan fingerprint density at radius 1 is 1.42 bits per heavy atom. The summed E-state index contributed by atoms with van der Waals surface area (Å²) < 4.78 is 20.8. The van der Waals surface area contributed by atoms with Gasteiger partial charge in [0.2, 0.25) is 11.8 Å². The lowest BCUT2D eigenvalue weighted by molar-refractivity contribution is 0.449. The number of oxazole rings is 1. The largest absolute Gasteiger partial charge is 0.444 e. The van der Waals surface area contributed by atoms with E-state index in [1.54, 1.807) is 22.9 Å². The van der Waals surface area contributed by atoms with Gasteiger partial charge in [0, 0.05) is 6.42 Å². The lowest BCUT2D eigenvalue weighted by atomic mass is 10.3. The molecule has 0 radical (unpaired) electrons. The summed E-state index contributed by atoms with van der Waals surface area (Å²) in [5.41, 5.74) is 6.72. The van der Waals surface area contributed by atoms with Crippen LogP contribution in [-0.2, 0) is 13.0 Å². The summed E-state index contributed by atoms with van der Waals surface area (Å²) in [6.45, 7) is 2.33. The maximum Gasteiger partial charge on any atom is 0.214 e. The Labute approximate surface area is 108 Å². The van der Waals surface area contributed by atoms with Gasteiger partial charge in [0.15, 0.2) is 5.82 Å². The Morgan fingerprint density at radius 2 is 2.26 bits per heavy atom. The van der Waals surface area contributed by atoms with E-state index >= 15 is 0 Å². The predicted molar refractivity (Wildman–Crippen MR) is 69.1 cm³/mol. The van der Waals surface area contributed by atoms with E-state index in [0.29, 0.717) is 18.0 Å². The third kappa shape index (κ3) is 1.95. The van der Waals surface area contributed by atoms with Crippen LogP contribution in [0.25, 0.3) is 11.0 Å². The van der Waals surface area contributed by atoms with Gasteiger partial charge in [0.1, 0.15) is 17.8 Å². The molecule has 0 bridgehead atoms. The minimum atomic E-state index is -0.385. The van der Waals surface area contributed by atoms with Crippen LogP contribution in [0, 0.1) is 5.82 Å². The first-order valence-electron chi connectivity index (χ1n) is 6.03. The van der Waals surface area contributed by atoms with Crippen molar-refractivity contribution < 1.29 is 8.81 Å².